The molecule has 142 valence electrons. The summed E-state index contributed by atoms with van der Waals surface area (Å²) < 4.78 is 27.0. The van der Waals surface area contributed by atoms with Crippen LogP contribution in [0.1, 0.15) is 22.3 Å². The summed E-state index contributed by atoms with van der Waals surface area (Å²) in [7, 11) is 0. The lowest BCUT2D eigenvalue weighted by molar-refractivity contribution is -0.116. The number of carbonyl (C=O) groups is 3. The molecule has 0 fully saturated rings. The molecular formula is C18H17F2N3O4. The normalized spacial score (nSPS) is 10.3. The van der Waals surface area contributed by atoms with E-state index in [0.29, 0.717) is 5.56 Å². The van der Waals surface area contributed by atoms with Gasteiger partial charge in [-0.1, -0.05) is 6.07 Å². The lowest BCUT2D eigenvalue weighted by Crippen LogP contribution is -2.32. The van der Waals surface area contributed by atoms with Crippen molar-refractivity contribution in [3.8, 4) is 0 Å². The fraction of sp³-hybridized carbons (Fsp3) is 0.167. The van der Waals surface area contributed by atoms with Crippen LogP contribution in [0, 0.1) is 18.6 Å². The molecule has 0 aliphatic carbocycles. The van der Waals surface area contributed by atoms with Gasteiger partial charge >= 0.3 is 6.09 Å². The van der Waals surface area contributed by atoms with Gasteiger partial charge in [0.05, 0.1) is 11.3 Å². The molecular weight excluding hydrogens is 360 g/mol. The molecule has 0 saturated carbocycles. The molecule has 0 aliphatic rings. The zero-order chi connectivity index (χ0) is 20.1. The van der Waals surface area contributed by atoms with Crippen molar-refractivity contribution in [2.45, 2.75) is 13.3 Å². The molecule has 0 aromatic heterocycles. The molecule has 0 bridgehead atoms. The van der Waals surface area contributed by atoms with E-state index >= 15 is 0 Å². The maximum Gasteiger partial charge on any atom is 0.411 e. The smallest absolute Gasteiger partial charge is 0.411 e. The fourth-order valence-corrected chi connectivity index (χ4v) is 2.49. The van der Waals surface area contributed by atoms with Crippen molar-refractivity contribution in [2.24, 2.45) is 5.73 Å². The van der Waals surface area contributed by atoms with E-state index in [9.17, 15) is 28.3 Å². The Labute approximate surface area is 153 Å². The van der Waals surface area contributed by atoms with E-state index in [-0.39, 0.29) is 29.9 Å². The Morgan fingerprint density at radius 1 is 1.11 bits per heavy atom. The molecule has 4 N–H and O–H groups in total. The molecule has 0 saturated heterocycles. The second-order valence-corrected chi connectivity index (χ2v) is 5.69. The maximum absolute atomic E-state index is 14.0. The number of benzene rings is 2. The van der Waals surface area contributed by atoms with E-state index in [1.54, 1.807) is 0 Å². The van der Waals surface area contributed by atoms with Crippen molar-refractivity contribution in [1.82, 2.24) is 0 Å². The van der Waals surface area contributed by atoms with E-state index in [1.807, 2.05) is 0 Å². The van der Waals surface area contributed by atoms with Gasteiger partial charge in [0.1, 0.15) is 11.6 Å². The second kappa shape index (κ2) is 8.26. The number of hydrogen-bond acceptors (Lipinski definition) is 3. The quantitative estimate of drug-likeness (QED) is 0.718. The highest BCUT2D eigenvalue weighted by Crippen LogP contribution is 2.23. The van der Waals surface area contributed by atoms with Crippen molar-refractivity contribution in [2.75, 3.05) is 16.8 Å². The summed E-state index contributed by atoms with van der Waals surface area (Å²) in [6.07, 6.45) is -1.66. The van der Waals surface area contributed by atoms with Crippen LogP contribution in [0.15, 0.2) is 36.4 Å². The van der Waals surface area contributed by atoms with Crippen LogP contribution in [0.4, 0.5) is 25.0 Å². The van der Waals surface area contributed by atoms with Crippen molar-refractivity contribution < 1.29 is 28.3 Å². The first-order chi connectivity index (χ1) is 12.7. The molecule has 9 heteroatoms. The summed E-state index contributed by atoms with van der Waals surface area (Å²) in [5, 5.41) is 11.5. The summed E-state index contributed by atoms with van der Waals surface area (Å²) in [5.41, 5.74) is 5.29. The molecule has 0 spiro atoms. The highest BCUT2D eigenvalue weighted by atomic mass is 19.1. The van der Waals surface area contributed by atoms with Crippen LogP contribution in [0.3, 0.4) is 0 Å². The van der Waals surface area contributed by atoms with Gasteiger partial charge in [0, 0.05) is 18.7 Å². The summed E-state index contributed by atoms with van der Waals surface area (Å²) in [6, 6.07) is 7.13. The topological polar surface area (TPSA) is 113 Å². The minimum atomic E-state index is -1.34. The molecule has 3 amide bonds. The van der Waals surface area contributed by atoms with E-state index in [4.69, 9.17) is 5.73 Å². The Bertz CT molecular complexity index is 885. The first-order valence-electron chi connectivity index (χ1n) is 7.85. The molecule has 0 heterocycles. The number of primary amides is 1. The Morgan fingerprint density at radius 3 is 2.30 bits per heavy atom. The van der Waals surface area contributed by atoms with E-state index in [1.165, 1.54) is 25.1 Å². The Kier molecular flexibility index (Phi) is 6.07. The molecule has 7 nitrogen and oxygen atoms in total. The number of aryl methyl sites for hydroxylation is 1. The SMILES string of the molecule is Cc1ccc(F)c(NC(=O)CCN(C(=O)O)c2ccc(F)cc2)c1C(N)=O. The number of rotatable bonds is 6. The van der Waals surface area contributed by atoms with Crippen LogP contribution < -0.4 is 16.0 Å². The van der Waals surface area contributed by atoms with E-state index in [2.05, 4.69) is 5.32 Å². The summed E-state index contributed by atoms with van der Waals surface area (Å²) in [4.78, 5) is 35.9. The Morgan fingerprint density at radius 2 is 1.74 bits per heavy atom. The van der Waals surface area contributed by atoms with Crippen LogP contribution in [-0.4, -0.2) is 29.6 Å². The molecule has 2 rings (SSSR count). The standard InChI is InChI=1S/C18H17F2N3O4/c1-10-2-7-13(20)16(15(10)17(21)25)22-14(24)8-9-23(18(26)27)12-5-3-11(19)4-6-12/h2-7H,8-9H2,1H3,(H2,21,25)(H,22,24)(H,26,27). The molecule has 0 atom stereocenters. The largest absolute Gasteiger partial charge is 0.465 e. The minimum absolute atomic E-state index is 0.156. The van der Waals surface area contributed by atoms with E-state index in [0.717, 1.165) is 23.1 Å². The number of carboxylic acid groups (broad SMARTS) is 1. The number of amides is 3. The second-order valence-electron chi connectivity index (χ2n) is 5.69. The highest BCUT2D eigenvalue weighted by Gasteiger charge is 2.20. The van der Waals surface area contributed by atoms with Crippen molar-refractivity contribution in [3.63, 3.8) is 0 Å². The van der Waals surface area contributed by atoms with Crippen molar-refractivity contribution in [1.29, 1.82) is 0 Å². The zero-order valence-corrected chi connectivity index (χ0v) is 14.3. The third-order valence-electron chi connectivity index (χ3n) is 3.81. The molecule has 2 aromatic carbocycles. The maximum atomic E-state index is 14.0. The highest BCUT2D eigenvalue weighted by molar-refractivity contribution is 6.04. The average molecular weight is 377 g/mol. The number of carbonyl (C=O) groups excluding carboxylic acids is 2. The summed E-state index contributed by atoms with van der Waals surface area (Å²) in [5.74, 6) is -2.98. The number of nitrogens with zero attached hydrogens (tertiary/aromatic N) is 1. The first-order valence-corrected chi connectivity index (χ1v) is 7.85. The van der Waals surface area contributed by atoms with Crippen LogP contribution in [0.5, 0.6) is 0 Å². The van der Waals surface area contributed by atoms with Gasteiger partial charge in [-0.15, -0.1) is 0 Å². The third-order valence-corrected chi connectivity index (χ3v) is 3.81. The van der Waals surface area contributed by atoms with Gasteiger partial charge in [-0.2, -0.15) is 0 Å². The van der Waals surface area contributed by atoms with Crippen LogP contribution in [0.25, 0.3) is 0 Å². The Hall–Kier alpha value is -3.49. The molecule has 0 radical (unpaired) electrons. The molecule has 27 heavy (non-hydrogen) atoms. The average Bonchev–Trinajstić information content (AvgIpc) is 2.59. The Balaban J connectivity index is 2.14. The molecule has 0 aliphatic heterocycles. The fourth-order valence-electron chi connectivity index (χ4n) is 2.49. The number of anilines is 2. The number of nitrogens with two attached hydrogens (primary N) is 1. The summed E-state index contributed by atoms with van der Waals surface area (Å²) >= 11 is 0. The van der Waals surface area contributed by atoms with Gasteiger partial charge in [-0.05, 0) is 42.8 Å². The van der Waals surface area contributed by atoms with Crippen LogP contribution in [-0.2, 0) is 4.79 Å². The number of hydrogen-bond donors (Lipinski definition) is 3. The minimum Gasteiger partial charge on any atom is -0.465 e. The van der Waals surface area contributed by atoms with Gasteiger partial charge in [-0.3, -0.25) is 14.5 Å². The predicted molar refractivity (Wildman–Crippen MR) is 94.7 cm³/mol. The predicted octanol–water partition coefficient (Wildman–Crippen LogP) is 2.89. The first kappa shape index (κ1) is 19.8. The number of nitrogens with one attached hydrogen (secondary N) is 1. The van der Waals surface area contributed by atoms with Gasteiger partial charge in [-0.25, -0.2) is 13.6 Å². The van der Waals surface area contributed by atoms with Crippen molar-refractivity contribution >= 4 is 29.3 Å². The van der Waals surface area contributed by atoms with Crippen molar-refractivity contribution in [3.05, 3.63) is 59.2 Å². The lowest BCUT2D eigenvalue weighted by Gasteiger charge is -2.19. The van der Waals surface area contributed by atoms with Gasteiger partial charge in [0.15, 0.2) is 0 Å². The number of halogens is 2. The van der Waals surface area contributed by atoms with Gasteiger partial charge in [0.25, 0.3) is 5.91 Å². The molecule has 2 aromatic rings. The van der Waals surface area contributed by atoms with E-state index < -0.39 is 29.5 Å². The van der Waals surface area contributed by atoms with Crippen LogP contribution >= 0.6 is 0 Å². The van der Waals surface area contributed by atoms with Gasteiger partial charge in [0.2, 0.25) is 5.91 Å². The third kappa shape index (κ3) is 4.78. The monoisotopic (exact) mass is 377 g/mol. The zero-order valence-electron chi connectivity index (χ0n) is 14.3. The van der Waals surface area contributed by atoms with Gasteiger partial charge < -0.3 is 16.2 Å². The summed E-state index contributed by atoms with van der Waals surface area (Å²) in [6.45, 7) is 1.28. The molecule has 0 unspecified atom stereocenters. The lowest BCUT2D eigenvalue weighted by atomic mass is 10.1. The van der Waals surface area contributed by atoms with Crippen LogP contribution in [0.2, 0.25) is 0 Å².